The number of nitrogens with one attached hydrogen (secondary N) is 1. The van der Waals surface area contributed by atoms with E-state index in [4.69, 9.17) is 0 Å². The van der Waals surface area contributed by atoms with E-state index in [2.05, 4.69) is 12.2 Å². The number of hydrogen-bond donors (Lipinski definition) is 1. The maximum Gasteiger partial charge on any atom is 0.146 e. The summed E-state index contributed by atoms with van der Waals surface area (Å²) < 4.78 is 13.3. The number of anilines is 1. The van der Waals surface area contributed by atoms with Crippen molar-refractivity contribution in [1.29, 1.82) is 0 Å². The molecule has 1 nitrogen and oxygen atoms in total. The highest BCUT2D eigenvalue weighted by Gasteiger charge is 2.21. The lowest BCUT2D eigenvalue weighted by molar-refractivity contribution is 0.597. The van der Waals surface area contributed by atoms with Crippen molar-refractivity contribution in [3.05, 3.63) is 30.1 Å². The van der Waals surface area contributed by atoms with Crippen LogP contribution in [0.2, 0.25) is 0 Å². The fraction of sp³-hybridized carbons (Fsp3) is 0.500. The fourth-order valence-corrected chi connectivity index (χ4v) is 2.14. The lowest BCUT2D eigenvalue weighted by atomic mass is 10.1. The quantitative estimate of drug-likeness (QED) is 0.758. The number of rotatable bonds is 2. The zero-order valence-corrected chi connectivity index (χ0v) is 8.46. The molecule has 1 fully saturated rings. The van der Waals surface area contributed by atoms with E-state index in [1.807, 2.05) is 6.07 Å². The highest BCUT2D eigenvalue weighted by molar-refractivity contribution is 5.45. The molecule has 0 unspecified atom stereocenters. The van der Waals surface area contributed by atoms with E-state index in [1.165, 1.54) is 12.5 Å². The minimum Gasteiger partial charge on any atom is -0.380 e. The second kappa shape index (κ2) is 3.99. The van der Waals surface area contributed by atoms with Crippen molar-refractivity contribution < 1.29 is 4.39 Å². The van der Waals surface area contributed by atoms with Gasteiger partial charge in [-0.25, -0.2) is 4.39 Å². The molecule has 2 rings (SSSR count). The summed E-state index contributed by atoms with van der Waals surface area (Å²) in [6.45, 7) is 2.25. The first-order chi connectivity index (χ1) is 6.75. The van der Waals surface area contributed by atoms with Gasteiger partial charge in [0.1, 0.15) is 5.82 Å². The molecule has 1 aliphatic rings. The molecular formula is C12H16FN. The first kappa shape index (κ1) is 9.50. The summed E-state index contributed by atoms with van der Waals surface area (Å²) in [5, 5.41) is 3.26. The van der Waals surface area contributed by atoms with Gasteiger partial charge in [-0.2, -0.15) is 0 Å². The largest absolute Gasteiger partial charge is 0.380 e. The van der Waals surface area contributed by atoms with Gasteiger partial charge in [0, 0.05) is 6.04 Å². The molecule has 0 heterocycles. The summed E-state index contributed by atoms with van der Waals surface area (Å²) >= 11 is 0. The third-order valence-electron chi connectivity index (χ3n) is 2.93. The predicted octanol–water partition coefficient (Wildman–Crippen LogP) is 3.43. The molecule has 0 aromatic heterocycles. The Morgan fingerprint density at radius 3 is 2.71 bits per heavy atom. The molecule has 2 heteroatoms. The molecule has 0 spiro atoms. The zero-order valence-electron chi connectivity index (χ0n) is 8.46. The lowest BCUT2D eigenvalue weighted by Gasteiger charge is -2.14. The normalized spacial score (nSPS) is 26.4. The van der Waals surface area contributed by atoms with E-state index in [0.717, 1.165) is 18.8 Å². The van der Waals surface area contributed by atoms with Crippen LogP contribution in [0.3, 0.4) is 0 Å². The molecule has 1 aromatic carbocycles. The Hall–Kier alpha value is -1.05. The van der Waals surface area contributed by atoms with Crippen LogP contribution in [0, 0.1) is 11.7 Å². The van der Waals surface area contributed by atoms with Crippen molar-refractivity contribution in [1.82, 2.24) is 0 Å². The Balaban J connectivity index is 2.01. The summed E-state index contributed by atoms with van der Waals surface area (Å²) in [5.41, 5.74) is 0.645. The molecule has 1 aromatic rings. The highest BCUT2D eigenvalue weighted by Crippen LogP contribution is 2.28. The van der Waals surface area contributed by atoms with Gasteiger partial charge < -0.3 is 5.32 Å². The van der Waals surface area contributed by atoms with Crippen molar-refractivity contribution in [2.45, 2.75) is 32.2 Å². The van der Waals surface area contributed by atoms with Crippen LogP contribution in [0.4, 0.5) is 10.1 Å². The first-order valence-electron chi connectivity index (χ1n) is 5.27. The maximum absolute atomic E-state index is 13.3. The molecule has 0 radical (unpaired) electrons. The predicted molar refractivity (Wildman–Crippen MR) is 56.8 cm³/mol. The van der Waals surface area contributed by atoms with E-state index in [0.29, 0.717) is 11.7 Å². The SMILES string of the molecule is C[C@@H]1CC[C@@H](Nc2ccccc2F)C1. The Kier molecular flexibility index (Phi) is 2.71. The number of hydrogen-bond acceptors (Lipinski definition) is 1. The van der Waals surface area contributed by atoms with Crippen molar-refractivity contribution in [2.24, 2.45) is 5.92 Å². The fourth-order valence-electron chi connectivity index (χ4n) is 2.14. The Bertz CT molecular complexity index is 311. The molecule has 0 aliphatic heterocycles. The van der Waals surface area contributed by atoms with Gasteiger partial charge in [0.2, 0.25) is 0 Å². The van der Waals surface area contributed by atoms with Gasteiger partial charge in [-0.3, -0.25) is 0 Å². The average Bonchev–Trinajstić information content (AvgIpc) is 2.56. The zero-order chi connectivity index (χ0) is 9.97. The van der Waals surface area contributed by atoms with Crippen LogP contribution in [0.1, 0.15) is 26.2 Å². The molecular weight excluding hydrogens is 177 g/mol. The summed E-state index contributed by atoms with van der Waals surface area (Å²) in [4.78, 5) is 0. The van der Waals surface area contributed by atoms with E-state index >= 15 is 0 Å². The van der Waals surface area contributed by atoms with Crippen molar-refractivity contribution in [3.8, 4) is 0 Å². The average molecular weight is 193 g/mol. The van der Waals surface area contributed by atoms with Crippen LogP contribution < -0.4 is 5.32 Å². The van der Waals surface area contributed by atoms with Gasteiger partial charge in [-0.05, 0) is 37.3 Å². The number of benzene rings is 1. The van der Waals surface area contributed by atoms with Crippen molar-refractivity contribution in [2.75, 3.05) is 5.32 Å². The van der Waals surface area contributed by atoms with Gasteiger partial charge >= 0.3 is 0 Å². The summed E-state index contributed by atoms with van der Waals surface area (Å²) in [6.07, 6.45) is 3.58. The Labute approximate surface area is 84.3 Å². The minimum absolute atomic E-state index is 0.146. The summed E-state index contributed by atoms with van der Waals surface area (Å²) in [6, 6.07) is 7.35. The van der Waals surface area contributed by atoms with Crippen LogP contribution >= 0.6 is 0 Å². The number of para-hydroxylation sites is 1. The molecule has 14 heavy (non-hydrogen) atoms. The second-order valence-corrected chi connectivity index (χ2v) is 4.24. The third kappa shape index (κ3) is 2.06. The number of halogens is 1. The molecule has 76 valence electrons. The van der Waals surface area contributed by atoms with Gasteiger partial charge in [0.25, 0.3) is 0 Å². The highest BCUT2D eigenvalue weighted by atomic mass is 19.1. The summed E-state index contributed by atoms with van der Waals surface area (Å²) in [7, 11) is 0. The van der Waals surface area contributed by atoms with E-state index in [-0.39, 0.29) is 5.82 Å². The molecule has 0 amide bonds. The summed E-state index contributed by atoms with van der Waals surface area (Å²) in [5.74, 6) is 0.631. The van der Waals surface area contributed by atoms with Crippen LogP contribution in [0.5, 0.6) is 0 Å². The van der Waals surface area contributed by atoms with Crippen molar-refractivity contribution in [3.63, 3.8) is 0 Å². The molecule has 1 N–H and O–H groups in total. The maximum atomic E-state index is 13.3. The van der Waals surface area contributed by atoms with E-state index < -0.39 is 0 Å². The monoisotopic (exact) mass is 193 g/mol. The molecule has 1 aliphatic carbocycles. The van der Waals surface area contributed by atoms with Gasteiger partial charge in [0.15, 0.2) is 0 Å². The van der Waals surface area contributed by atoms with Crippen LogP contribution in [-0.4, -0.2) is 6.04 Å². The standard InChI is InChI=1S/C12H16FN/c1-9-6-7-10(8-9)14-12-5-3-2-4-11(12)13/h2-5,9-10,14H,6-8H2,1H3/t9-,10-/m1/s1. The topological polar surface area (TPSA) is 12.0 Å². The van der Waals surface area contributed by atoms with Crippen molar-refractivity contribution >= 4 is 5.69 Å². The second-order valence-electron chi connectivity index (χ2n) is 4.24. The van der Waals surface area contributed by atoms with Gasteiger partial charge in [-0.15, -0.1) is 0 Å². The van der Waals surface area contributed by atoms with Gasteiger partial charge in [-0.1, -0.05) is 19.1 Å². The molecule has 1 saturated carbocycles. The molecule has 0 saturated heterocycles. The molecule has 2 atom stereocenters. The molecule has 0 bridgehead atoms. The Morgan fingerprint density at radius 1 is 1.29 bits per heavy atom. The van der Waals surface area contributed by atoms with E-state index in [9.17, 15) is 4.39 Å². The first-order valence-corrected chi connectivity index (χ1v) is 5.27. The van der Waals surface area contributed by atoms with Crippen LogP contribution in [0.15, 0.2) is 24.3 Å². The lowest BCUT2D eigenvalue weighted by Crippen LogP contribution is -2.16. The van der Waals surface area contributed by atoms with Crippen LogP contribution in [0.25, 0.3) is 0 Å². The van der Waals surface area contributed by atoms with Crippen LogP contribution in [-0.2, 0) is 0 Å². The third-order valence-corrected chi connectivity index (χ3v) is 2.93. The van der Waals surface area contributed by atoms with Gasteiger partial charge in [0.05, 0.1) is 5.69 Å². The van der Waals surface area contributed by atoms with E-state index in [1.54, 1.807) is 12.1 Å². The Morgan fingerprint density at radius 2 is 2.07 bits per heavy atom. The smallest absolute Gasteiger partial charge is 0.146 e. The minimum atomic E-state index is -0.146.